The standard InChI is InChI=1S/C14H18F3N3O/c1-3-20(4-2)12(21)11-9-10(5-8-18-11)19-13(6-7-13)14(15,16)17/h5,8-9H,3-4,6-7H2,1-2H3,(H,18,19). The number of nitrogens with zero attached hydrogens (tertiary/aromatic N) is 2. The van der Waals surface area contributed by atoms with Crippen LogP contribution in [0, 0.1) is 0 Å². The molecule has 1 aromatic rings. The monoisotopic (exact) mass is 301 g/mol. The molecule has 1 N–H and O–H groups in total. The minimum Gasteiger partial charge on any atom is -0.371 e. The summed E-state index contributed by atoms with van der Waals surface area (Å²) in [5, 5.41) is 2.50. The number of hydrogen-bond donors (Lipinski definition) is 1. The average Bonchev–Trinajstić information content (AvgIpc) is 3.21. The van der Waals surface area contributed by atoms with Gasteiger partial charge in [-0.2, -0.15) is 13.2 Å². The molecule has 1 aliphatic carbocycles. The summed E-state index contributed by atoms with van der Waals surface area (Å²) < 4.78 is 38.8. The van der Waals surface area contributed by atoms with Crippen molar-refractivity contribution in [2.24, 2.45) is 0 Å². The van der Waals surface area contributed by atoms with E-state index in [-0.39, 0.29) is 30.1 Å². The first kappa shape index (κ1) is 15.6. The van der Waals surface area contributed by atoms with Crippen molar-refractivity contribution in [3.8, 4) is 0 Å². The number of pyridine rings is 1. The maximum atomic E-state index is 12.9. The summed E-state index contributed by atoms with van der Waals surface area (Å²) in [4.78, 5) is 17.7. The second-order valence-electron chi connectivity index (χ2n) is 5.11. The summed E-state index contributed by atoms with van der Waals surface area (Å²) in [6.07, 6.45) is -2.83. The number of aromatic nitrogens is 1. The van der Waals surface area contributed by atoms with Crippen molar-refractivity contribution < 1.29 is 18.0 Å². The Balaban J connectivity index is 2.17. The van der Waals surface area contributed by atoms with Crippen LogP contribution in [0.4, 0.5) is 18.9 Å². The lowest BCUT2D eigenvalue weighted by molar-refractivity contribution is -0.151. The minimum atomic E-state index is -4.29. The third-order valence-electron chi connectivity index (χ3n) is 3.71. The van der Waals surface area contributed by atoms with Crippen molar-refractivity contribution in [1.29, 1.82) is 0 Å². The summed E-state index contributed by atoms with van der Waals surface area (Å²) in [6, 6.07) is 2.83. The molecule has 1 aromatic heterocycles. The molecule has 1 heterocycles. The predicted octanol–water partition coefficient (Wildman–Crippen LogP) is 3.07. The van der Waals surface area contributed by atoms with Gasteiger partial charge in [-0.3, -0.25) is 9.78 Å². The average molecular weight is 301 g/mol. The Morgan fingerprint density at radius 2 is 2.00 bits per heavy atom. The summed E-state index contributed by atoms with van der Waals surface area (Å²) in [6.45, 7) is 4.74. The van der Waals surface area contributed by atoms with Gasteiger partial charge in [0, 0.05) is 25.0 Å². The zero-order valence-electron chi connectivity index (χ0n) is 12.0. The first-order valence-electron chi connectivity index (χ1n) is 6.93. The van der Waals surface area contributed by atoms with E-state index in [0.29, 0.717) is 13.1 Å². The smallest absolute Gasteiger partial charge is 0.371 e. The van der Waals surface area contributed by atoms with Gasteiger partial charge in [0.25, 0.3) is 5.91 Å². The molecule has 0 aromatic carbocycles. The first-order valence-corrected chi connectivity index (χ1v) is 6.93. The second-order valence-corrected chi connectivity index (χ2v) is 5.11. The van der Waals surface area contributed by atoms with Crippen LogP contribution in [-0.4, -0.2) is 40.6 Å². The van der Waals surface area contributed by atoms with E-state index >= 15 is 0 Å². The number of anilines is 1. The van der Waals surface area contributed by atoms with Crippen LogP contribution in [0.15, 0.2) is 18.3 Å². The maximum absolute atomic E-state index is 12.9. The first-order chi connectivity index (χ1) is 9.83. The van der Waals surface area contributed by atoms with Gasteiger partial charge in [0.15, 0.2) is 0 Å². The van der Waals surface area contributed by atoms with Gasteiger partial charge in [-0.25, -0.2) is 0 Å². The number of carbonyl (C=O) groups is 1. The normalized spacial score (nSPS) is 16.4. The molecule has 116 valence electrons. The van der Waals surface area contributed by atoms with E-state index in [4.69, 9.17) is 0 Å². The SMILES string of the molecule is CCN(CC)C(=O)c1cc(NC2(C(F)(F)F)CC2)ccn1. The molecule has 0 atom stereocenters. The molecule has 0 aliphatic heterocycles. The molecule has 2 rings (SSSR count). The van der Waals surface area contributed by atoms with Crippen LogP contribution >= 0.6 is 0 Å². The van der Waals surface area contributed by atoms with E-state index in [9.17, 15) is 18.0 Å². The van der Waals surface area contributed by atoms with Crippen molar-refractivity contribution in [2.45, 2.75) is 38.4 Å². The lowest BCUT2D eigenvalue weighted by atomic mass is 10.2. The molecule has 0 spiro atoms. The molecule has 0 radical (unpaired) electrons. The Labute approximate surface area is 121 Å². The van der Waals surface area contributed by atoms with E-state index in [0.717, 1.165) is 0 Å². The lowest BCUT2D eigenvalue weighted by Gasteiger charge is -2.22. The molecule has 0 unspecified atom stereocenters. The van der Waals surface area contributed by atoms with Gasteiger partial charge < -0.3 is 10.2 Å². The number of nitrogens with one attached hydrogen (secondary N) is 1. The quantitative estimate of drug-likeness (QED) is 0.909. The Morgan fingerprint density at radius 3 is 2.48 bits per heavy atom. The molecule has 1 saturated carbocycles. The maximum Gasteiger partial charge on any atom is 0.411 e. The highest BCUT2D eigenvalue weighted by atomic mass is 19.4. The van der Waals surface area contributed by atoms with E-state index in [1.165, 1.54) is 18.3 Å². The lowest BCUT2D eigenvalue weighted by Crippen LogP contribution is -2.38. The van der Waals surface area contributed by atoms with Crippen LogP contribution in [0.3, 0.4) is 0 Å². The van der Waals surface area contributed by atoms with Crippen molar-refractivity contribution in [2.75, 3.05) is 18.4 Å². The van der Waals surface area contributed by atoms with Crippen LogP contribution in [-0.2, 0) is 0 Å². The summed E-state index contributed by atoms with van der Waals surface area (Å²) in [7, 11) is 0. The number of hydrogen-bond acceptors (Lipinski definition) is 3. The Morgan fingerprint density at radius 1 is 1.38 bits per heavy atom. The van der Waals surface area contributed by atoms with Crippen molar-refractivity contribution >= 4 is 11.6 Å². The molecule has 7 heteroatoms. The summed E-state index contributed by atoms with van der Waals surface area (Å²) in [5.41, 5.74) is -1.42. The molecule has 4 nitrogen and oxygen atoms in total. The van der Waals surface area contributed by atoms with Gasteiger partial charge in [0.2, 0.25) is 0 Å². The highest BCUT2D eigenvalue weighted by molar-refractivity contribution is 5.93. The zero-order chi connectivity index (χ0) is 15.7. The number of carbonyl (C=O) groups excluding carboxylic acids is 1. The van der Waals surface area contributed by atoms with Crippen molar-refractivity contribution in [1.82, 2.24) is 9.88 Å². The molecule has 1 aliphatic rings. The fourth-order valence-corrected chi connectivity index (χ4v) is 2.18. The highest BCUT2D eigenvalue weighted by Gasteiger charge is 2.63. The third-order valence-corrected chi connectivity index (χ3v) is 3.71. The van der Waals surface area contributed by atoms with Gasteiger partial charge >= 0.3 is 6.18 Å². The fourth-order valence-electron chi connectivity index (χ4n) is 2.18. The molecule has 0 bridgehead atoms. The molecule has 1 amide bonds. The number of alkyl halides is 3. The van der Waals surface area contributed by atoms with Crippen molar-refractivity contribution in [3.63, 3.8) is 0 Å². The number of amides is 1. The predicted molar refractivity (Wildman–Crippen MR) is 73.1 cm³/mol. The molecule has 21 heavy (non-hydrogen) atoms. The minimum absolute atomic E-state index is 0.0537. The third kappa shape index (κ3) is 3.11. The second kappa shape index (κ2) is 5.54. The van der Waals surface area contributed by atoms with Crippen LogP contribution in [0.2, 0.25) is 0 Å². The molecular formula is C14H18F3N3O. The van der Waals surface area contributed by atoms with Gasteiger partial charge in [-0.1, -0.05) is 0 Å². The van der Waals surface area contributed by atoms with E-state index in [1.54, 1.807) is 4.90 Å². The largest absolute Gasteiger partial charge is 0.411 e. The van der Waals surface area contributed by atoms with Crippen molar-refractivity contribution in [3.05, 3.63) is 24.0 Å². The molecule has 0 saturated heterocycles. The van der Waals surface area contributed by atoms with Gasteiger partial charge in [-0.15, -0.1) is 0 Å². The fraction of sp³-hybridized carbons (Fsp3) is 0.571. The van der Waals surface area contributed by atoms with Crippen LogP contribution in [0.5, 0.6) is 0 Å². The van der Waals surface area contributed by atoms with Gasteiger partial charge in [0.1, 0.15) is 11.2 Å². The Kier molecular flexibility index (Phi) is 4.11. The van der Waals surface area contributed by atoms with Crippen LogP contribution in [0.25, 0.3) is 0 Å². The van der Waals surface area contributed by atoms with Crippen LogP contribution in [0.1, 0.15) is 37.2 Å². The molecule has 1 fully saturated rings. The zero-order valence-corrected chi connectivity index (χ0v) is 12.0. The van der Waals surface area contributed by atoms with E-state index in [1.807, 2.05) is 13.8 Å². The Hall–Kier alpha value is -1.79. The molecular weight excluding hydrogens is 283 g/mol. The van der Waals surface area contributed by atoms with E-state index < -0.39 is 11.7 Å². The number of rotatable bonds is 5. The van der Waals surface area contributed by atoms with E-state index in [2.05, 4.69) is 10.3 Å². The van der Waals surface area contributed by atoms with Gasteiger partial charge in [-0.05, 0) is 38.8 Å². The van der Waals surface area contributed by atoms with Crippen LogP contribution < -0.4 is 5.32 Å². The van der Waals surface area contributed by atoms with Gasteiger partial charge in [0.05, 0.1) is 0 Å². The number of halogens is 3. The summed E-state index contributed by atoms with van der Waals surface area (Å²) in [5.74, 6) is -0.277. The highest BCUT2D eigenvalue weighted by Crippen LogP contribution is 2.51. The topological polar surface area (TPSA) is 45.2 Å². The Bertz CT molecular complexity index is 522. The summed E-state index contributed by atoms with van der Waals surface area (Å²) >= 11 is 0.